The number of Topliss-reactive ketones (excluding diaryl/α,β-unsaturated/α-hetero) is 1. The maximum Gasteiger partial charge on any atom is 0.316 e. The van der Waals surface area contributed by atoms with E-state index in [0.29, 0.717) is 49.5 Å². The maximum atomic E-state index is 12.9. The summed E-state index contributed by atoms with van der Waals surface area (Å²) in [5.41, 5.74) is 2.01. The van der Waals surface area contributed by atoms with Crippen molar-refractivity contribution < 1.29 is 23.8 Å². The van der Waals surface area contributed by atoms with Gasteiger partial charge in [-0.2, -0.15) is 0 Å². The van der Waals surface area contributed by atoms with E-state index in [-0.39, 0.29) is 23.1 Å². The molecule has 0 spiro atoms. The Bertz CT molecular complexity index is 859. The summed E-state index contributed by atoms with van der Waals surface area (Å²) < 4.78 is 17.5. The molecule has 0 N–H and O–H groups in total. The molecule has 0 bridgehead atoms. The molecule has 2 unspecified atom stereocenters. The summed E-state index contributed by atoms with van der Waals surface area (Å²) in [5.74, 6) is 1.11. The largest absolute Gasteiger partial charge is 0.477 e. The Hall–Kier alpha value is -1.92. The second-order valence-corrected chi connectivity index (χ2v) is 9.15. The number of hydrogen-bond acceptors (Lipinski definition) is 6. The zero-order valence-electron chi connectivity index (χ0n) is 17.4. The zero-order chi connectivity index (χ0) is 20.3. The minimum atomic E-state index is -0.475. The highest BCUT2D eigenvalue weighted by Crippen LogP contribution is 2.61. The molecule has 4 aliphatic rings. The summed E-state index contributed by atoms with van der Waals surface area (Å²) in [6.45, 7) is 3.16. The Morgan fingerprint density at radius 1 is 1.31 bits per heavy atom. The number of nitrogens with zero attached hydrogens (tertiary/aromatic N) is 1. The van der Waals surface area contributed by atoms with Crippen LogP contribution in [0.15, 0.2) is 12.1 Å². The van der Waals surface area contributed by atoms with Crippen molar-refractivity contribution in [3.8, 4) is 11.5 Å². The molecule has 6 heteroatoms. The third kappa shape index (κ3) is 2.61. The highest BCUT2D eigenvalue weighted by molar-refractivity contribution is 5.89. The molecular weight excluding hydrogens is 370 g/mol. The lowest BCUT2D eigenvalue weighted by Crippen LogP contribution is -2.60. The maximum absolute atomic E-state index is 12.9. The van der Waals surface area contributed by atoms with Gasteiger partial charge < -0.3 is 19.1 Å². The lowest BCUT2D eigenvalue weighted by Gasteiger charge is -2.52. The quantitative estimate of drug-likeness (QED) is 0.573. The van der Waals surface area contributed by atoms with Gasteiger partial charge in [0.1, 0.15) is 0 Å². The van der Waals surface area contributed by atoms with E-state index >= 15 is 0 Å². The zero-order valence-corrected chi connectivity index (χ0v) is 17.4. The molecular formula is C23H29NO5. The molecule has 5 rings (SSSR count). The molecule has 2 heterocycles. The van der Waals surface area contributed by atoms with Gasteiger partial charge in [0.05, 0.1) is 12.5 Å². The van der Waals surface area contributed by atoms with Gasteiger partial charge in [0.25, 0.3) is 0 Å². The van der Waals surface area contributed by atoms with Gasteiger partial charge in [-0.1, -0.05) is 13.0 Å². The summed E-state index contributed by atoms with van der Waals surface area (Å²) in [6.07, 6.45) is 3.42. The molecule has 0 amide bonds. The first-order valence-corrected chi connectivity index (χ1v) is 10.8. The summed E-state index contributed by atoms with van der Waals surface area (Å²) in [4.78, 5) is 27.9. The van der Waals surface area contributed by atoms with Crippen LogP contribution in [0.3, 0.4) is 0 Å². The Morgan fingerprint density at radius 2 is 2.14 bits per heavy atom. The summed E-state index contributed by atoms with van der Waals surface area (Å²) >= 11 is 0. The molecule has 1 saturated heterocycles. The highest BCUT2D eigenvalue weighted by Gasteiger charge is 2.63. The van der Waals surface area contributed by atoms with Crippen LogP contribution in [-0.4, -0.2) is 56.1 Å². The van der Waals surface area contributed by atoms with Gasteiger partial charge in [-0.25, -0.2) is 0 Å². The number of rotatable bonds is 4. The topological polar surface area (TPSA) is 65.1 Å². The molecule has 2 aliphatic carbocycles. The molecule has 5 atom stereocenters. The van der Waals surface area contributed by atoms with E-state index in [1.54, 1.807) is 0 Å². The first-order valence-electron chi connectivity index (χ1n) is 10.8. The average molecular weight is 399 g/mol. The lowest BCUT2D eigenvalue weighted by atomic mass is 9.53. The molecule has 29 heavy (non-hydrogen) atoms. The van der Waals surface area contributed by atoms with Crippen LogP contribution in [0, 0.1) is 11.8 Å². The van der Waals surface area contributed by atoms with E-state index < -0.39 is 6.10 Å². The van der Waals surface area contributed by atoms with Crippen molar-refractivity contribution in [2.24, 2.45) is 11.8 Å². The average Bonchev–Trinajstić information content (AvgIpc) is 3.36. The molecule has 0 aromatic heterocycles. The summed E-state index contributed by atoms with van der Waals surface area (Å²) in [5, 5.41) is 0. The first kappa shape index (κ1) is 19.1. The Morgan fingerprint density at radius 3 is 2.83 bits per heavy atom. The smallest absolute Gasteiger partial charge is 0.316 e. The SMILES string of the molecule is CC[C@]12c3c4ccc(OC(=O)C5CCOC5)c3O[C@H]1C(=O)CCC2[C@H](N(C)C)C4. The third-order valence-corrected chi connectivity index (χ3v) is 7.65. The van der Waals surface area contributed by atoms with Crippen molar-refractivity contribution >= 4 is 11.8 Å². The Kier molecular flexibility index (Phi) is 4.48. The molecule has 1 aromatic carbocycles. The predicted octanol–water partition coefficient (Wildman–Crippen LogP) is 2.50. The van der Waals surface area contributed by atoms with E-state index in [9.17, 15) is 9.59 Å². The van der Waals surface area contributed by atoms with Crippen LogP contribution in [0.1, 0.15) is 43.7 Å². The van der Waals surface area contributed by atoms with E-state index in [1.165, 1.54) is 5.56 Å². The second kappa shape index (κ2) is 6.81. The molecule has 1 aromatic rings. The molecule has 156 valence electrons. The van der Waals surface area contributed by atoms with Gasteiger partial charge in [0.2, 0.25) is 0 Å². The number of benzene rings is 1. The van der Waals surface area contributed by atoms with Crippen molar-refractivity contribution in [2.75, 3.05) is 27.3 Å². The van der Waals surface area contributed by atoms with E-state index in [0.717, 1.165) is 24.8 Å². The van der Waals surface area contributed by atoms with Crippen molar-refractivity contribution in [1.82, 2.24) is 4.90 Å². The lowest BCUT2D eigenvalue weighted by molar-refractivity contribution is -0.139. The molecule has 2 fully saturated rings. The van der Waals surface area contributed by atoms with Gasteiger partial charge in [0.15, 0.2) is 23.4 Å². The number of carbonyl (C=O) groups is 2. The van der Waals surface area contributed by atoms with Crippen LogP contribution >= 0.6 is 0 Å². The van der Waals surface area contributed by atoms with Crippen LogP contribution in [0.5, 0.6) is 11.5 Å². The number of hydrogen-bond donors (Lipinski definition) is 0. The monoisotopic (exact) mass is 399 g/mol. The van der Waals surface area contributed by atoms with Crippen LogP contribution in [0.4, 0.5) is 0 Å². The van der Waals surface area contributed by atoms with Crippen LogP contribution < -0.4 is 9.47 Å². The minimum absolute atomic E-state index is 0.172. The van der Waals surface area contributed by atoms with Crippen LogP contribution in [0.25, 0.3) is 0 Å². The number of ether oxygens (including phenoxy) is 3. The molecule has 0 radical (unpaired) electrons. The summed E-state index contributed by atoms with van der Waals surface area (Å²) in [6, 6.07) is 4.29. The van der Waals surface area contributed by atoms with Gasteiger partial charge in [-0.15, -0.1) is 0 Å². The van der Waals surface area contributed by atoms with Crippen molar-refractivity contribution in [3.63, 3.8) is 0 Å². The van der Waals surface area contributed by atoms with Crippen LogP contribution in [0.2, 0.25) is 0 Å². The van der Waals surface area contributed by atoms with Crippen molar-refractivity contribution in [3.05, 3.63) is 23.3 Å². The van der Waals surface area contributed by atoms with Crippen LogP contribution in [-0.2, 0) is 26.2 Å². The second-order valence-electron chi connectivity index (χ2n) is 9.15. The third-order valence-electron chi connectivity index (χ3n) is 7.65. The number of likely N-dealkylation sites (N-methyl/N-ethyl adjacent to an activating group) is 1. The van der Waals surface area contributed by atoms with E-state index in [4.69, 9.17) is 14.2 Å². The standard InChI is InChI=1S/C23H29NO5/c1-4-23-15-6-7-17(25)21(23)29-20-18(28-22(26)14-9-10-27-12-14)8-5-13(19(20)23)11-16(15)24(2)3/h5,8,14-16,21H,4,6-7,9-12H2,1-3H3/t14?,15?,16-,21+,23+/m1/s1. The van der Waals surface area contributed by atoms with Gasteiger partial charge in [0, 0.05) is 30.0 Å². The number of ketones is 1. The Labute approximate surface area is 171 Å². The van der Waals surface area contributed by atoms with Crippen molar-refractivity contribution in [2.45, 2.75) is 56.6 Å². The van der Waals surface area contributed by atoms with E-state index in [2.05, 4.69) is 32.0 Å². The number of carbonyl (C=O) groups excluding carboxylic acids is 2. The fraction of sp³-hybridized carbons (Fsp3) is 0.652. The molecule has 2 aliphatic heterocycles. The highest BCUT2D eigenvalue weighted by atomic mass is 16.6. The van der Waals surface area contributed by atoms with Crippen molar-refractivity contribution in [1.29, 1.82) is 0 Å². The van der Waals surface area contributed by atoms with E-state index in [1.807, 2.05) is 6.07 Å². The fourth-order valence-corrected chi connectivity index (χ4v) is 6.24. The molecule has 1 saturated carbocycles. The fourth-order valence-electron chi connectivity index (χ4n) is 6.24. The predicted molar refractivity (Wildman–Crippen MR) is 106 cm³/mol. The minimum Gasteiger partial charge on any atom is -0.477 e. The normalized spacial score (nSPS) is 34.8. The van der Waals surface area contributed by atoms with Gasteiger partial charge in [-0.05, 0) is 57.3 Å². The van der Waals surface area contributed by atoms with Gasteiger partial charge >= 0.3 is 5.97 Å². The molecule has 6 nitrogen and oxygen atoms in total. The summed E-state index contributed by atoms with van der Waals surface area (Å²) in [7, 11) is 4.25. The number of esters is 1. The van der Waals surface area contributed by atoms with Gasteiger partial charge in [-0.3, -0.25) is 9.59 Å². The first-order chi connectivity index (χ1) is 14.0. The Balaban J connectivity index is 1.61.